The summed E-state index contributed by atoms with van der Waals surface area (Å²) in [5, 5.41) is 9.41. The standard InChI is InChI=1S/C11H17F3O/c1-10(15,11(12,13)14)6-9-5-7-2-3-8(9)4-7/h7-9,15H,2-6H2,1H3. The Morgan fingerprint density at radius 2 is 1.87 bits per heavy atom. The van der Waals surface area contributed by atoms with Crippen molar-refractivity contribution in [3.8, 4) is 0 Å². The van der Waals surface area contributed by atoms with Crippen LogP contribution in [0.15, 0.2) is 0 Å². The van der Waals surface area contributed by atoms with Gasteiger partial charge in [0, 0.05) is 0 Å². The Hall–Kier alpha value is -0.250. The number of hydrogen-bond acceptors (Lipinski definition) is 1. The molecular formula is C11H17F3O. The van der Waals surface area contributed by atoms with Crippen LogP contribution in [0.2, 0.25) is 0 Å². The molecule has 0 aromatic rings. The van der Waals surface area contributed by atoms with Crippen molar-refractivity contribution in [3.63, 3.8) is 0 Å². The zero-order valence-corrected chi connectivity index (χ0v) is 8.85. The van der Waals surface area contributed by atoms with Crippen LogP contribution in [0.1, 0.15) is 39.0 Å². The molecule has 0 radical (unpaired) electrons. The minimum absolute atomic E-state index is 0.0837. The first-order valence-corrected chi connectivity index (χ1v) is 5.59. The molecule has 2 fully saturated rings. The highest BCUT2D eigenvalue weighted by molar-refractivity contribution is 4.94. The van der Waals surface area contributed by atoms with Crippen LogP contribution >= 0.6 is 0 Å². The zero-order valence-electron chi connectivity index (χ0n) is 8.85. The molecule has 0 saturated heterocycles. The summed E-state index contributed by atoms with van der Waals surface area (Å²) in [5.74, 6) is 1.15. The third-order valence-corrected chi connectivity index (χ3v) is 4.15. The fourth-order valence-corrected chi connectivity index (χ4v) is 3.25. The maximum absolute atomic E-state index is 12.5. The molecule has 2 aliphatic rings. The molecule has 4 heteroatoms. The molecule has 0 amide bonds. The molecular weight excluding hydrogens is 205 g/mol. The van der Waals surface area contributed by atoms with Gasteiger partial charge in [0.25, 0.3) is 0 Å². The molecule has 2 rings (SSSR count). The van der Waals surface area contributed by atoms with E-state index in [1.54, 1.807) is 0 Å². The highest BCUT2D eigenvalue weighted by Crippen LogP contribution is 2.52. The number of halogens is 3. The van der Waals surface area contributed by atoms with Crippen molar-refractivity contribution >= 4 is 0 Å². The Labute approximate surface area is 87.7 Å². The Morgan fingerprint density at radius 1 is 1.20 bits per heavy atom. The van der Waals surface area contributed by atoms with Crippen molar-refractivity contribution in [2.24, 2.45) is 17.8 Å². The average Bonchev–Trinajstić information content (AvgIpc) is 2.61. The minimum atomic E-state index is -4.49. The van der Waals surface area contributed by atoms with Gasteiger partial charge in [-0.05, 0) is 50.4 Å². The molecule has 0 spiro atoms. The Kier molecular flexibility index (Phi) is 2.53. The van der Waals surface area contributed by atoms with Gasteiger partial charge in [-0.15, -0.1) is 0 Å². The molecule has 88 valence electrons. The van der Waals surface area contributed by atoms with Crippen LogP contribution in [-0.4, -0.2) is 16.9 Å². The van der Waals surface area contributed by atoms with Crippen LogP contribution in [0.4, 0.5) is 13.2 Å². The summed E-state index contributed by atoms with van der Waals surface area (Å²) in [6, 6.07) is 0. The van der Waals surface area contributed by atoms with E-state index in [9.17, 15) is 18.3 Å². The lowest BCUT2D eigenvalue weighted by atomic mass is 9.81. The lowest BCUT2D eigenvalue weighted by Crippen LogP contribution is -2.44. The van der Waals surface area contributed by atoms with Crippen LogP contribution in [-0.2, 0) is 0 Å². The third-order valence-electron chi connectivity index (χ3n) is 4.15. The van der Waals surface area contributed by atoms with Gasteiger partial charge >= 0.3 is 6.18 Å². The fraction of sp³-hybridized carbons (Fsp3) is 1.00. The smallest absolute Gasteiger partial charge is 0.381 e. The molecule has 4 unspecified atom stereocenters. The molecule has 2 bridgehead atoms. The van der Waals surface area contributed by atoms with Crippen LogP contribution in [0, 0.1) is 17.8 Å². The number of rotatable bonds is 2. The Morgan fingerprint density at radius 3 is 2.27 bits per heavy atom. The van der Waals surface area contributed by atoms with Crippen LogP contribution in [0.3, 0.4) is 0 Å². The van der Waals surface area contributed by atoms with E-state index >= 15 is 0 Å². The second-order valence-electron chi connectivity index (χ2n) is 5.41. The maximum Gasteiger partial charge on any atom is 0.416 e. The summed E-state index contributed by atoms with van der Waals surface area (Å²) in [7, 11) is 0. The Balaban J connectivity index is 1.97. The second-order valence-corrected chi connectivity index (χ2v) is 5.41. The zero-order chi connectivity index (χ0) is 11.3. The minimum Gasteiger partial charge on any atom is -0.381 e. The monoisotopic (exact) mass is 222 g/mol. The number of aliphatic hydroxyl groups is 1. The molecule has 0 aromatic carbocycles. The third kappa shape index (κ3) is 2.01. The molecule has 0 aromatic heterocycles. The van der Waals surface area contributed by atoms with Crippen molar-refractivity contribution in [1.82, 2.24) is 0 Å². The predicted octanol–water partition coefficient (Wildman–Crippen LogP) is 3.13. The Bertz CT molecular complexity index is 247. The number of alkyl halides is 3. The van der Waals surface area contributed by atoms with E-state index in [-0.39, 0.29) is 12.3 Å². The molecule has 0 aliphatic heterocycles. The molecule has 2 aliphatic carbocycles. The van der Waals surface area contributed by atoms with Gasteiger partial charge in [0.15, 0.2) is 5.60 Å². The van der Waals surface area contributed by atoms with E-state index < -0.39 is 11.8 Å². The van der Waals surface area contributed by atoms with Gasteiger partial charge in [0.05, 0.1) is 0 Å². The molecule has 0 heterocycles. The van der Waals surface area contributed by atoms with Crippen molar-refractivity contribution in [3.05, 3.63) is 0 Å². The van der Waals surface area contributed by atoms with Gasteiger partial charge in [-0.1, -0.05) is 6.42 Å². The summed E-state index contributed by atoms with van der Waals surface area (Å²) < 4.78 is 37.4. The molecule has 1 nitrogen and oxygen atoms in total. The van der Waals surface area contributed by atoms with Gasteiger partial charge < -0.3 is 5.11 Å². The van der Waals surface area contributed by atoms with Gasteiger partial charge in [-0.25, -0.2) is 0 Å². The van der Waals surface area contributed by atoms with Crippen LogP contribution < -0.4 is 0 Å². The molecule has 15 heavy (non-hydrogen) atoms. The molecule has 2 saturated carbocycles. The van der Waals surface area contributed by atoms with Crippen LogP contribution in [0.25, 0.3) is 0 Å². The van der Waals surface area contributed by atoms with E-state index in [1.165, 1.54) is 6.42 Å². The predicted molar refractivity (Wildman–Crippen MR) is 50.2 cm³/mol. The van der Waals surface area contributed by atoms with Crippen molar-refractivity contribution in [2.75, 3.05) is 0 Å². The first-order valence-electron chi connectivity index (χ1n) is 5.59. The van der Waals surface area contributed by atoms with Gasteiger partial charge in [0.1, 0.15) is 0 Å². The van der Waals surface area contributed by atoms with E-state index in [0.29, 0.717) is 11.8 Å². The van der Waals surface area contributed by atoms with E-state index in [0.717, 1.165) is 26.2 Å². The molecule has 4 atom stereocenters. The SMILES string of the molecule is CC(O)(CC1CC2CCC1C2)C(F)(F)F. The summed E-state index contributed by atoms with van der Waals surface area (Å²) >= 11 is 0. The highest BCUT2D eigenvalue weighted by atomic mass is 19.4. The summed E-state index contributed by atoms with van der Waals surface area (Å²) in [4.78, 5) is 0. The topological polar surface area (TPSA) is 20.2 Å². The van der Waals surface area contributed by atoms with Crippen LogP contribution in [0.5, 0.6) is 0 Å². The van der Waals surface area contributed by atoms with Crippen molar-refractivity contribution < 1.29 is 18.3 Å². The quantitative estimate of drug-likeness (QED) is 0.761. The van der Waals surface area contributed by atoms with E-state index in [1.807, 2.05) is 0 Å². The van der Waals surface area contributed by atoms with Crippen molar-refractivity contribution in [2.45, 2.75) is 50.8 Å². The first kappa shape index (κ1) is 11.2. The summed E-state index contributed by atoms with van der Waals surface area (Å²) in [5.41, 5.74) is -2.50. The average molecular weight is 222 g/mol. The fourth-order valence-electron chi connectivity index (χ4n) is 3.25. The highest BCUT2D eigenvalue weighted by Gasteiger charge is 2.53. The van der Waals surface area contributed by atoms with E-state index in [4.69, 9.17) is 0 Å². The maximum atomic E-state index is 12.5. The van der Waals surface area contributed by atoms with Gasteiger partial charge in [-0.3, -0.25) is 0 Å². The van der Waals surface area contributed by atoms with Gasteiger partial charge in [-0.2, -0.15) is 13.2 Å². The lowest BCUT2D eigenvalue weighted by Gasteiger charge is -2.32. The molecule has 1 N–H and O–H groups in total. The second kappa shape index (κ2) is 3.37. The normalized spacial score (nSPS) is 39.4. The number of hydrogen-bond donors (Lipinski definition) is 1. The lowest BCUT2D eigenvalue weighted by molar-refractivity contribution is -0.259. The van der Waals surface area contributed by atoms with Crippen molar-refractivity contribution in [1.29, 1.82) is 0 Å². The first-order chi connectivity index (χ1) is 6.79. The largest absolute Gasteiger partial charge is 0.416 e. The number of fused-ring (bicyclic) bond motifs is 2. The van der Waals surface area contributed by atoms with E-state index in [2.05, 4.69) is 0 Å². The summed E-state index contributed by atoms with van der Waals surface area (Å²) in [6.07, 6.45) is -0.402. The summed E-state index contributed by atoms with van der Waals surface area (Å²) in [6.45, 7) is 0.902. The van der Waals surface area contributed by atoms with Gasteiger partial charge in [0.2, 0.25) is 0 Å².